The second-order valence-corrected chi connectivity index (χ2v) is 6.49. The predicted molar refractivity (Wildman–Crippen MR) is 86.5 cm³/mol. The van der Waals surface area contributed by atoms with E-state index in [4.69, 9.17) is 0 Å². The van der Waals surface area contributed by atoms with E-state index in [1.165, 1.54) is 11.8 Å². The smallest absolute Gasteiger partial charge is 0.316 e. The summed E-state index contributed by atoms with van der Waals surface area (Å²) >= 11 is 1.20. The molecule has 1 aromatic rings. The maximum Gasteiger partial charge on any atom is 0.316 e. The van der Waals surface area contributed by atoms with Crippen LogP contribution in [0.25, 0.3) is 0 Å². The molecule has 1 rings (SSSR count). The van der Waals surface area contributed by atoms with Gasteiger partial charge in [-0.05, 0) is 25.3 Å². The highest BCUT2D eigenvalue weighted by molar-refractivity contribution is 8.01. The van der Waals surface area contributed by atoms with Crippen molar-refractivity contribution in [1.29, 1.82) is 0 Å². The predicted octanol–water partition coefficient (Wildman–Crippen LogP) is 2.72. The van der Waals surface area contributed by atoms with Crippen LogP contribution in [0.15, 0.2) is 30.3 Å². The van der Waals surface area contributed by atoms with Gasteiger partial charge in [-0.2, -0.15) is 0 Å². The van der Waals surface area contributed by atoms with Crippen molar-refractivity contribution in [3.63, 3.8) is 0 Å². The van der Waals surface area contributed by atoms with E-state index in [0.717, 1.165) is 18.4 Å². The molecule has 2 unspecified atom stereocenters. The number of hydrogen-bond acceptors (Lipinski definition) is 3. The first-order valence-corrected chi connectivity index (χ1v) is 8.18. The summed E-state index contributed by atoms with van der Waals surface area (Å²) in [4.78, 5) is 23.3. The van der Waals surface area contributed by atoms with Crippen LogP contribution in [0.5, 0.6) is 0 Å². The monoisotopic (exact) mass is 309 g/mol. The van der Waals surface area contributed by atoms with E-state index in [2.05, 4.69) is 12.2 Å². The first-order valence-electron chi connectivity index (χ1n) is 7.24. The van der Waals surface area contributed by atoms with E-state index < -0.39 is 11.2 Å². The molecular weight excluding hydrogens is 286 g/mol. The Kier molecular flexibility index (Phi) is 7.90. The van der Waals surface area contributed by atoms with E-state index >= 15 is 0 Å². The van der Waals surface area contributed by atoms with Crippen LogP contribution in [0.1, 0.15) is 32.3 Å². The number of carboxylic acid groups (broad SMARTS) is 1. The summed E-state index contributed by atoms with van der Waals surface area (Å²) in [7, 11) is 0. The third-order valence-electron chi connectivity index (χ3n) is 3.11. The standard InChI is InChI=1S/C16H23NO3S/c1-3-4-10-17-15(18)12(2)21-14(16(19)20)11-13-8-6-5-7-9-13/h5-9,12,14H,3-4,10-11H2,1-2H3,(H,17,18)(H,19,20). The highest BCUT2D eigenvalue weighted by Gasteiger charge is 2.24. The van der Waals surface area contributed by atoms with E-state index in [1.807, 2.05) is 30.3 Å². The molecule has 0 saturated carbocycles. The molecule has 0 aliphatic rings. The molecule has 5 heteroatoms. The van der Waals surface area contributed by atoms with Crippen LogP contribution < -0.4 is 5.32 Å². The van der Waals surface area contributed by atoms with Gasteiger partial charge < -0.3 is 10.4 Å². The number of hydrogen-bond donors (Lipinski definition) is 2. The number of amides is 1. The van der Waals surface area contributed by atoms with Crippen LogP contribution in [-0.4, -0.2) is 34.0 Å². The molecule has 0 aromatic heterocycles. The van der Waals surface area contributed by atoms with Gasteiger partial charge >= 0.3 is 5.97 Å². The van der Waals surface area contributed by atoms with Gasteiger partial charge in [-0.15, -0.1) is 11.8 Å². The van der Waals surface area contributed by atoms with E-state index in [9.17, 15) is 14.7 Å². The lowest BCUT2D eigenvalue weighted by Crippen LogP contribution is -2.34. The summed E-state index contributed by atoms with van der Waals surface area (Å²) in [6.45, 7) is 4.47. The quantitative estimate of drug-likeness (QED) is 0.688. The van der Waals surface area contributed by atoms with Crippen LogP contribution in [0.4, 0.5) is 0 Å². The fraction of sp³-hybridized carbons (Fsp3) is 0.500. The lowest BCUT2D eigenvalue weighted by atomic mass is 10.1. The minimum Gasteiger partial charge on any atom is -0.480 e. The van der Waals surface area contributed by atoms with Crippen molar-refractivity contribution < 1.29 is 14.7 Å². The SMILES string of the molecule is CCCCNC(=O)C(C)SC(Cc1ccccc1)C(=O)O. The van der Waals surface area contributed by atoms with Crippen LogP contribution in [-0.2, 0) is 16.0 Å². The molecular formula is C16H23NO3S. The van der Waals surface area contributed by atoms with Gasteiger partial charge in [0, 0.05) is 6.54 Å². The molecule has 1 aromatic carbocycles. The minimum atomic E-state index is -0.878. The number of thioether (sulfide) groups is 1. The summed E-state index contributed by atoms with van der Waals surface area (Å²) in [5.74, 6) is -0.968. The number of benzene rings is 1. The van der Waals surface area contributed by atoms with Gasteiger partial charge in [0.2, 0.25) is 5.91 Å². The van der Waals surface area contributed by atoms with Gasteiger partial charge in [0.05, 0.1) is 5.25 Å². The molecule has 0 aliphatic heterocycles. The first kappa shape index (κ1) is 17.6. The largest absolute Gasteiger partial charge is 0.480 e. The number of carbonyl (C=O) groups is 2. The molecule has 0 bridgehead atoms. The summed E-state index contributed by atoms with van der Waals surface area (Å²) in [5, 5.41) is 11.2. The summed E-state index contributed by atoms with van der Waals surface area (Å²) in [6.07, 6.45) is 2.39. The summed E-state index contributed by atoms with van der Waals surface area (Å²) in [5.41, 5.74) is 0.969. The van der Waals surface area contributed by atoms with Crippen LogP contribution >= 0.6 is 11.8 Å². The van der Waals surface area contributed by atoms with E-state index in [0.29, 0.717) is 13.0 Å². The number of carboxylic acids is 1. The van der Waals surface area contributed by atoms with Gasteiger partial charge in [0.1, 0.15) is 5.25 Å². The van der Waals surface area contributed by atoms with Gasteiger partial charge in [0.25, 0.3) is 0 Å². The number of nitrogens with one attached hydrogen (secondary N) is 1. The fourth-order valence-electron chi connectivity index (χ4n) is 1.86. The fourth-order valence-corrected chi connectivity index (χ4v) is 2.97. The number of carbonyl (C=O) groups excluding carboxylic acids is 1. The van der Waals surface area contributed by atoms with E-state index in [-0.39, 0.29) is 11.2 Å². The van der Waals surface area contributed by atoms with E-state index in [1.54, 1.807) is 6.92 Å². The molecule has 0 aliphatic carbocycles. The van der Waals surface area contributed by atoms with Crippen molar-refractivity contribution >= 4 is 23.6 Å². The van der Waals surface area contributed by atoms with Gasteiger partial charge in [-0.1, -0.05) is 43.7 Å². The maximum atomic E-state index is 11.9. The lowest BCUT2D eigenvalue weighted by molar-refractivity contribution is -0.136. The molecule has 2 N–H and O–H groups in total. The number of aliphatic carboxylic acids is 1. The van der Waals surface area contributed by atoms with Crippen molar-refractivity contribution in [2.24, 2.45) is 0 Å². The second-order valence-electron chi connectivity index (χ2n) is 4.94. The zero-order valence-electron chi connectivity index (χ0n) is 12.5. The summed E-state index contributed by atoms with van der Waals surface area (Å²) in [6, 6.07) is 9.49. The Labute approximate surface area is 130 Å². The highest BCUT2D eigenvalue weighted by atomic mass is 32.2. The molecule has 0 fully saturated rings. The molecule has 2 atom stereocenters. The zero-order chi connectivity index (χ0) is 15.7. The van der Waals surface area contributed by atoms with Crippen molar-refractivity contribution in [1.82, 2.24) is 5.32 Å². The highest BCUT2D eigenvalue weighted by Crippen LogP contribution is 2.22. The third kappa shape index (κ3) is 6.67. The summed E-state index contributed by atoms with van der Waals surface area (Å²) < 4.78 is 0. The number of unbranched alkanes of at least 4 members (excludes halogenated alkanes) is 1. The number of rotatable bonds is 9. The third-order valence-corrected chi connectivity index (χ3v) is 4.43. The Balaban J connectivity index is 2.54. The Morgan fingerprint density at radius 2 is 1.95 bits per heavy atom. The molecule has 4 nitrogen and oxygen atoms in total. The molecule has 116 valence electrons. The van der Waals surface area contributed by atoms with Crippen molar-refractivity contribution in [3.05, 3.63) is 35.9 Å². The van der Waals surface area contributed by atoms with Crippen LogP contribution in [0.3, 0.4) is 0 Å². The maximum absolute atomic E-state index is 11.9. The van der Waals surface area contributed by atoms with Crippen LogP contribution in [0, 0.1) is 0 Å². The lowest BCUT2D eigenvalue weighted by Gasteiger charge is -2.17. The molecule has 0 spiro atoms. The Morgan fingerprint density at radius 1 is 1.29 bits per heavy atom. The minimum absolute atomic E-state index is 0.0900. The molecule has 0 heterocycles. The Morgan fingerprint density at radius 3 is 2.52 bits per heavy atom. The zero-order valence-corrected chi connectivity index (χ0v) is 13.4. The normalized spacial score (nSPS) is 13.4. The average Bonchev–Trinajstić information content (AvgIpc) is 2.47. The van der Waals surface area contributed by atoms with Gasteiger partial charge in [0.15, 0.2) is 0 Å². The Hall–Kier alpha value is -1.49. The van der Waals surface area contributed by atoms with Crippen molar-refractivity contribution in [3.8, 4) is 0 Å². The average molecular weight is 309 g/mol. The topological polar surface area (TPSA) is 66.4 Å². The second kappa shape index (κ2) is 9.45. The van der Waals surface area contributed by atoms with Gasteiger partial charge in [-0.3, -0.25) is 9.59 Å². The molecule has 0 radical (unpaired) electrons. The van der Waals surface area contributed by atoms with Gasteiger partial charge in [-0.25, -0.2) is 0 Å². The Bertz CT molecular complexity index is 450. The van der Waals surface area contributed by atoms with Crippen LogP contribution in [0.2, 0.25) is 0 Å². The van der Waals surface area contributed by atoms with Crippen molar-refractivity contribution in [2.45, 2.75) is 43.6 Å². The van der Waals surface area contributed by atoms with Crippen molar-refractivity contribution in [2.75, 3.05) is 6.54 Å². The first-order chi connectivity index (χ1) is 10.0. The molecule has 1 amide bonds. The molecule has 0 saturated heterocycles. The molecule has 21 heavy (non-hydrogen) atoms.